The molecule has 0 N–H and O–H groups in total. The van der Waals surface area contributed by atoms with Crippen LogP contribution in [0.25, 0.3) is 0 Å². The van der Waals surface area contributed by atoms with E-state index in [4.69, 9.17) is 0 Å². The molecule has 2 aromatic rings. The van der Waals surface area contributed by atoms with E-state index in [1.165, 1.54) is 22.5 Å². The number of sulfonamides is 1. The topological polar surface area (TPSA) is 78.0 Å². The first-order chi connectivity index (χ1) is 15.8. The molecular formula is C24H28FN3O4S. The second-order valence-corrected chi connectivity index (χ2v) is 10.6. The lowest BCUT2D eigenvalue weighted by Crippen LogP contribution is -2.53. The molecule has 0 spiro atoms. The Morgan fingerprint density at radius 1 is 0.879 bits per heavy atom. The Morgan fingerprint density at radius 3 is 2.09 bits per heavy atom. The summed E-state index contributed by atoms with van der Waals surface area (Å²) in [5.74, 6) is -0.901. The molecular weight excluding hydrogens is 445 g/mol. The molecule has 0 bridgehead atoms. The Kier molecular flexibility index (Phi) is 6.81. The number of aryl methyl sites for hydroxylation is 1. The first-order valence-electron chi connectivity index (χ1n) is 11.2. The number of piperidine rings is 1. The van der Waals surface area contributed by atoms with E-state index in [9.17, 15) is 22.4 Å². The third-order valence-electron chi connectivity index (χ3n) is 6.41. The summed E-state index contributed by atoms with van der Waals surface area (Å²) in [4.78, 5) is 29.3. The lowest BCUT2D eigenvalue weighted by molar-refractivity contribution is -0.138. The van der Waals surface area contributed by atoms with Crippen molar-refractivity contribution in [3.05, 3.63) is 65.5 Å². The van der Waals surface area contributed by atoms with Gasteiger partial charge in [-0.15, -0.1) is 0 Å². The van der Waals surface area contributed by atoms with Crippen molar-refractivity contribution in [2.24, 2.45) is 5.92 Å². The van der Waals surface area contributed by atoms with Crippen molar-refractivity contribution in [2.75, 3.05) is 39.3 Å². The Morgan fingerprint density at radius 2 is 1.48 bits per heavy atom. The number of benzene rings is 2. The van der Waals surface area contributed by atoms with Crippen LogP contribution in [0.15, 0.2) is 53.4 Å². The van der Waals surface area contributed by atoms with Crippen LogP contribution in [0.1, 0.15) is 28.8 Å². The summed E-state index contributed by atoms with van der Waals surface area (Å²) in [6, 6.07) is 12.4. The van der Waals surface area contributed by atoms with E-state index in [1.807, 2.05) is 6.92 Å². The third kappa shape index (κ3) is 5.09. The van der Waals surface area contributed by atoms with Crippen molar-refractivity contribution in [3.8, 4) is 0 Å². The average molecular weight is 474 g/mol. The van der Waals surface area contributed by atoms with E-state index in [2.05, 4.69) is 0 Å². The fourth-order valence-electron chi connectivity index (χ4n) is 4.39. The predicted molar refractivity (Wildman–Crippen MR) is 122 cm³/mol. The highest BCUT2D eigenvalue weighted by Crippen LogP contribution is 2.26. The minimum absolute atomic E-state index is 0.0141. The Balaban J connectivity index is 1.30. The molecule has 2 amide bonds. The van der Waals surface area contributed by atoms with E-state index < -0.39 is 15.8 Å². The molecule has 0 aromatic heterocycles. The third-order valence-corrected chi connectivity index (χ3v) is 8.32. The van der Waals surface area contributed by atoms with Crippen molar-refractivity contribution in [1.29, 1.82) is 0 Å². The molecule has 2 aliphatic rings. The quantitative estimate of drug-likeness (QED) is 0.684. The highest BCUT2D eigenvalue weighted by Gasteiger charge is 2.35. The number of amides is 2. The van der Waals surface area contributed by atoms with Crippen LogP contribution in [0.5, 0.6) is 0 Å². The fourth-order valence-corrected chi connectivity index (χ4v) is 5.86. The summed E-state index contributed by atoms with van der Waals surface area (Å²) in [6.07, 6.45) is 0.957. The summed E-state index contributed by atoms with van der Waals surface area (Å²) in [5.41, 5.74) is 1.30. The molecule has 0 radical (unpaired) electrons. The molecule has 0 saturated carbocycles. The average Bonchev–Trinajstić information content (AvgIpc) is 2.83. The molecule has 9 heteroatoms. The summed E-state index contributed by atoms with van der Waals surface area (Å²) in [7, 11) is -3.56. The smallest absolute Gasteiger partial charge is 0.254 e. The van der Waals surface area contributed by atoms with E-state index in [0.717, 1.165) is 5.56 Å². The zero-order valence-corrected chi connectivity index (χ0v) is 19.4. The molecule has 0 aliphatic carbocycles. The summed E-state index contributed by atoms with van der Waals surface area (Å²) in [6.45, 7) is 4.15. The van der Waals surface area contributed by atoms with Crippen LogP contribution in [0.3, 0.4) is 0 Å². The van der Waals surface area contributed by atoms with Crippen LogP contribution in [-0.4, -0.2) is 73.6 Å². The molecule has 2 aliphatic heterocycles. The molecule has 0 unspecified atom stereocenters. The standard InChI is InChI=1S/C24H28FN3O4S/c1-18-5-7-22(8-6-18)33(31,32)28-11-9-19(10-12-28)23(29)26-13-15-27(16-14-26)24(30)20-3-2-4-21(25)17-20/h2-8,17,19H,9-16H2,1H3. The highest BCUT2D eigenvalue weighted by molar-refractivity contribution is 7.89. The molecule has 0 atom stereocenters. The number of hydrogen-bond donors (Lipinski definition) is 0. The van der Waals surface area contributed by atoms with Crippen LogP contribution in [0.4, 0.5) is 4.39 Å². The summed E-state index contributed by atoms with van der Waals surface area (Å²) < 4.78 is 40.6. The number of halogens is 1. The Labute approximate surface area is 193 Å². The van der Waals surface area contributed by atoms with E-state index in [1.54, 1.807) is 40.1 Å². The van der Waals surface area contributed by atoms with E-state index in [0.29, 0.717) is 57.7 Å². The van der Waals surface area contributed by atoms with Crippen LogP contribution in [0, 0.1) is 18.7 Å². The zero-order chi connectivity index (χ0) is 23.6. The van der Waals surface area contributed by atoms with Gasteiger partial charge in [0.2, 0.25) is 15.9 Å². The molecule has 176 valence electrons. The first-order valence-corrected chi connectivity index (χ1v) is 12.6. The van der Waals surface area contributed by atoms with Crippen LogP contribution in [0.2, 0.25) is 0 Å². The van der Waals surface area contributed by atoms with Gasteiger partial charge in [-0.2, -0.15) is 4.31 Å². The normalized spacial score (nSPS) is 18.4. The van der Waals surface area contributed by atoms with Gasteiger partial charge in [-0.3, -0.25) is 9.59 Å². The van der Waals surface area contributed by atoms with Gasteiger partial charge in [0.1, 0.15) is 5.82 Å². The van der Waals surface area contributed by atoms with Gasteiger partial charge in [-0.25, -0.2) is 12.8 Å². The zero-order valence-electron chi connectivity index (χ0n) is 18.6. The van der Waals surface area contributed by atoms with Gasteiger partial charge in [-0.05, 0) is 50.1 Å². The molecule has 2 heterocycles. The van der Waals surface area contributed by atoms with Gasteiger partial charge < -0.3 is 9.80 Å². The maximum Gasteiger partial charge on any atom is 0.254 e. The molecule has 4 rings (SSSR count). The number of nitrogens with zero attached hydrogens (tertiary/aromatic N) is 3. The largest absolute Gasteiger partial charge is 0.339 e. The molecule has 33 heavy (non-hydrogen) atoms. The second kappa shape index (κ2) is 9.61. The fraction of sp³-hybridized carbons (Fsp3) is 0.417. The number of hydrogen-bond acceptors (Lipinski definition) is 4. The number of rotatable bonds is 4. The minimum atomic E-state index is -3.56. The Hall–Kier alpha value is -2.78. The van der Waals surface area contributed by atoms with Crippen LogP contribution < -0.4 is 0 Å². The van der Waals surface area contributed by atoms with Gasteiger partial charge in [0.25, 0.3) is 5.91 Å². The van der Waals surface area contributed by atoms with Gasteiger partial charge in [0.05, 0.1) is 4.90 Å². The molecule has 2 saturated heterocycles. The predicted octanol–water partition coefficient (Wildman–Crippen LogP) is 2.52. The van der Waals surface area contributed by atoms with Gasteiger partial charge in [0.15, 0.2) is 0 Å². The monoisotopic (exact) mass is 473 g/mol. The van der Waals surface area contributed by atoms with Crippen LogP contribution >= 0.6 is 0 Å². The first kappa shape index (κ1) is 23.4. The van der Waals surface area contributed by atoms with Gasteiger partial charge in [0, 0.05) is 50.7 Å². The van der Waals surface area contributed by atoms with E-state index in [-0.39, 0.29) is 22.6 Å². The maximum atomic E-state index is 13.4. The lowest BCUT2D eigenvalue weighted by atomic mass is 9.96. The highest BCUT2D eigenvalue weighted by atomic mass is 32.2. The molecule has 7 nitrogen and oxygen atoms in total. The second-order valence-electron chi connectivity index (χ2n) is 8.62. The minimum Gasteiger partial charge on any atom is -0.339 e. The number of carbonyl (C=O) groups is 2. The maximum absolute atomic E-state index is 13.4. The summed E-state index contributed by atoms with van der Waals surface area (Å²) >= 11 is 0. The van der Waals surface area contributed by atoms with E-state index >= 15 is 0 Å². The van der Waals surface area contributed by atoms with Crippen LogP contribution in [-0.2, 0) is 14.8 Å². The molecule has 2 fully saturated rings. The summed E-state index contributed by atoms with van der Waals surface area (Å²) in [5, 5.41) is 0. The van der Waals surface area contributed by atoms with Crippen molar-refractivity contribution in [3.63, 3.8) is 0 Å². The van der Waals surface area contributed by atoms with Crippen molar-refractivity contribution in [1.82, 2.24) is 14.1 Å². The Bertz CT molecular complexity index is 1120. The van der Waals surface area contributed by atoms with Crippen molar-refractivity contribution < 1.29 is 22.4 Å². The van der Waals surface area contributed by atoms with Gasteiger partial charge >= 0.3 is 0 Å². The SMILES string of the molecule is Cc1ccc(S(=O)(=O)N2CCC(C(=O)N3CCN(C(=O)c4cccc(F)c4)CC3)CC2)cc1. The van der Waals surface area contributed by atoms with Crippen molar-refractivity contribution >= 4 is 21.8 Å². The van der Waals surface area contributed by atoms with Crippen molar-refractivity contribution in [2.45, 2.75) is 24.7 Å². The number of carbonyl (C=O) groups excluding carboxylic acids is 2. The number of piperazine rings is 1. The lowest BCUT2D eigenvalue weighted by Gasteiger charge is -2.38. The molecule has 2 aromatic carbocycles. The van der Waals surface area contributed by atoms with Gasteiger partial charge in [-0.1, -0.05) is 23.8 Å².